The van der Waals surface area contributed by atoms with Gasteiger partial charge < -0.3 is 0 Å². The lowest BCUT2D eigenvalue weighted by molar-refractivity contribution is 0.377. The monoisotopic (exact) mass is 339 g/mol. The van der Waals surface area contributed by atoms with Gasteiger partial charge >= 0.3 is 0 Å². The Morgan fingerprint density at radius 1 is 1.08 bits per heavy atom. The Labute approximate surface area is 153 Å². The molecular weight excluding hydrogens is 308 g/mol. The lowest BCUT2D eigenvalue weighted by Gasteiger charge is -2.32. The van der Waals surface area contributed by atoms with Crippen molar-refractivity contribution in [1.82, 2.24) is 0 Å². The maximum atomic E-state index is 9.01. The first-order chi connectivity index (χ1) is 11.8. The van der Waals surface area contributed by atoms with Crippen LogP contribution in [0.25, 0.3) is 0 Å². The highest BCUT2D eigenvalue weighted by Crippen LogP contribution is 2.48. The molecular formula is C23H30S. The summed E-state index contributed by atoms with van der Waals surface area (Å²) in [6.07, 6.45) is 3.59. The van der Waals surface area contributed by atoms with E-state index in [-0.39, 0.29) is 11.1 Å². The summed E-state index contributed by atoms with van der Waals surface area (Å²) in [5.74, 6) is 0.402. The van der Waals surface area contributed by atoms with Gasteiger partial charge in [-0.1, -0.05) is 49.7 Å². The number of rotatable bonds is 4. The first kappa shape index (κ1) is 16.3. The van der Waals surface area contributed by atoms with Crippen LogP contribution in [-0.4, -0.2) is 5.73 Å². The number of hydrogen-bond acceptors (Lipinski definition) is 1. The summed E-state index contributed by atoms with van der Waals surface area (Å²) < 4.78 is 9.01. The van der Waals surface area contributed by atoms with Crippen molar-refractivity contribution in [3.05, 3.63) is 64.2 Å². The summed E-state index contributed by atoms with van der Waals surface area (Å²) in [4.78, 5) is 1.33. The zero-order valence-corrected chi connectivity index (χ0v) is 16.5. The Bertz CT molecular complexity index is 726. The Morgan fingerprint density at radius 3 is 2.33 bits per heavy atom. The second kappa shape index (κ2) is 6.96. The van der Waals surface area contributed by atoms with Gasteiger partial charge in [0.25, 0.3) is 0 Å². The molecule has 0 amide bonds. The lowest BCUT2D eigenvalue weighted by atomic mass is 9.75. The Morgan fingerprint density at radius 2 is 1.71 bits per heavy atom. The number of aryl methyl sites for hydroxylation is 2. The predicted molar refractivity (Wildman–Crippen MR) is 107 cm³/mol. The van der Waals surface area contributed by atoms with Crippen LogP contribution in [0.5, 0.6) is 0 Å². The Hall–Kier alpha value is -1.21. The maximum absolute atomic E-state index is 9.01. The van der Waals surface area contributed by atoms with Gasteiger partial charge in [0.15, 0.2) is 0 Å². The molecule has 0 radical (unpaired) electrons. The fraction of sp³-hybridized carbons (Fsp3) is 0.478. The fourth-order valence-corrected chi connectivity index (χ4v) is 5.51. The number of benzene rings is 2. The zero-order valence-electron chi connectivity index (χ0n) is 16.6. The molecule has 1 aliphatic carbocycles. The minimum Gasteiger partial charge on any atom is -0.125 e. The van der Waals surface area contributed by atoms with E-state index in [1.165, 1.54) is 45.6 Å². The SMILES string of the molecule is [2H][C@@H](Sc1c(C)c(C)cc(C)c1C)[C@@H]1CCC[C@@]1(C)c1ccccc1. The van der Waals surface area contributed by atoms with Crippen LogP contribution in [0, 0.1) is 33.6 Å². The van der Waals surface area contributed by atoms with E-state index in [9.17, 15) is 0 Å². The third-order valence-electron chi connectivity index (χ3n) is 6.11. The Kier molecular flexibility index (Phi) is 4.72. The molecule has 2 aromatic carbocycles. The molecule has 1 aliphatic rings. The zero-order chi connectivity index (χ0) is 18.2. The largest absolute Gasteiger partial charge is 0.125 e. The molecule has 0 saturated heterocycles. The van der Waals surface area contributed by atoms with Gasteiger partial charge in [-0.05, 0) is 79.7 Å². The molecule has 0 N–H and O–H groups in total. The van der Waals surface area contributed by atoms with Gasteiger partial charge in [-0.15, -0.1) is 11.8 Å². The highest BCUT2D eigenvalue weighted by atomic mass is 32.2. The van der Waals surface area contributed by atoms with Gasteiger partial charge in [-0.25, -0.2) is 0 Å². The smallest absolute Gasteiger partial charge is 0.0387 e. The summed E-state index contributed by atoms with van der Waals surface area (Å²) in [5, 5.41) is 0. The van der Waals surface area contributed by atoms with E-state index in [1.54, 1.807) is 11.8 Å². The van der Waals surface area contributed by atoms with E-state index in [2.05, 4.69) is 71.0 Å². The molecule has 3 atom stereocenters. The topological polar surface area (TPSA) is 0 Å². The molecule has 0 aliphatic heterocycles. The van der Waals surface area contributed by atoms with Crippen molar-refractivity contribution in [2.24, 2.45) is 5.92 Å². The second-order valence-electron chi connectivity index (χ2n) is 7.63. The van der Waals surface area contributed by atoms with Gasteiger partial charge in [0.1, 0.15) is 0 Å². The average Bonchev–Trinajstić information content (AvgIpc) is 3.01. The van der Waals surface area contributed by atoms with E-state index < -0.39 is 0 Å². The minimum atomic E-state index is -0.119. The van der Waals surface area contributed by atoms with E-state index in [1.807, 2.05) is 0 Å². The standard InChI is InChI=1S/C23H30S/c1-16-14-17(2)19(4)22(18(16)3)24-15-21-12-9-13-23(21,5)20-10-7-6-8-11-20/h6-8,10-11,14,21H,9,12-13,15H2,1-5H3/t21-,23-/m0/s1/i15D/t15-,21+,23+/m1. The first-order valence-electron chi connectivity index (χ1n) is 9.64. The van der Waals surface area contributed by atoms with Crippen molar-refractivity contribution >= 4 is 11.8 Å². The van der Waals surface area contributed by atoms with Gasteiger partial charge in [0.2, 0.25) is 0 Å². The third kappa shape index (κ3) is 3.16. The van der Waals surface area contributed by atoms with Crippen LogP contribution in [0.4, 0.5) is 0 Å². The minimum absolute atomic E-state index is 0.119. The molecule has 0 unspecified atom stereocenters. The summed E-state index contributed by atoms with van der Waals surface area (Å²) >= 11 is 1.79. The summed E-state index contributed by atoms with van der Waals surface area (Å²) in [6.45, 7) is 11.2. The van der Waals surface area contributed by atoms with Crippen molar-refractivity contribution in [3.8, 4) is 0 Å². The quantitative estimate of drug-likeness (QED) is 0.554. The van der Waals surface area contributed by atoms with Crippen LogP contribution in [0.2, 0.25) is 0 Å². The van der Waals surface area contributed by atoms with Gasteiger partial charge in [-0.3, -0.25) is 0 Å². The van der Waals surface area contributed by atoms with Crippen molar-refractivity contribution in [2.75, 3.05) is 5.73 Å². The van der Waals surface area contributed by atoms with E-state index in [0.29, 0.717) is 5.92 Å². The summed E-state index contributed by atoms with van der Waals surface area (Å²) in [5.41, 5.74) is 6.80. The van der Waals surface area contributed by atoms with Crippen molar-refractivity contribution in [3.63, 3.8) is 0 Å². The molecule has 0 bridgehead atoms. The fourth-order valence-electron chi connectivity index (χ4n) is 4.10. The molecule has 128 valence electrons. The molecule has 0 heterocycles. The van der Waals surface area contributed by atoms with E-state index in [4.69, 9.17) is 1.37 Å². The number of hydrogen-bond donors (Lipinski definition) is 0. The van der Waals surface area contributed by atoms with Crippen LogP contribution >= 0.6 is 11.8 Å². The normalized spacial score (nSPS) is 25.5. The second-order valence-corrected chi connectivity index (χ2v) is 8.54. The average molecular weight is 340 g/mol. The first-order valence-corrected chi connectivity index (χ1v) is 9.94. The molecule has 0 aromatic heterocycles. The van der Waals surface area contributed by atoms with E-state index >= 15 is 0 Å². The van der Waals surface area contributed by atoms with Gasteiger partial charge in [0, 0.05) is 12.0 Å². The molecule has 0 nitrogen and oxygen atoms in total. The van der Waals surface area contributed by atoms with Crippen LogP contribution < -0.4 is 0 Å². The van der Waals surface area contributed by atoms with Gasteiger partial charge in [-0.2, -0.15) is 0 Å². The van der Waals surface area contributed by atoms with Crippen molar-refractivity contribution < 1.29 is 1.37 Å². The predicted octanol–water partition coefficient (Wildman–Crippen LogP) is 6.77. The molecule has 1 saturated carbocycles. The Balaban J connectivity index is 1.90. The highest BCUT2D eigenvalue weighted by molar-refractivity contribution is 7.99. The lowest BCUT2D eigenvalue weighted by Crippen LogP contribution is -2.28. The summed E-state index contributed by atoms with van der Waals surface area (Å²) in [7, 11) is 0. The molecule has 2 aromatic rings. The molecule has 0 spiro atoms. The third-order valence-corrected chi connectivity index (χ3v) is 7.42. The van der Waals surface area contributed by atoms with Gasteiger partial charge in [0.05, 0.1) is 0 Å². The van der Waals surface area contributed by atoms with Crippen molar-refractivity contribution in [2.45, 2.75) is 64.2 Å². The van der Waals surface area contributed by atoms with Crippen LogP contribution in [0.15, 0.2) is 41.3 Å². The van der Waals surface area contributed by atoms with Crippen LogP contribution in [0.1, 0.15) is 55.4 Å². The summed E-state index contributed by atoms with van der Waals surface area (Å²) in [6, 6.07) is 13.1. The number of thioether (sulfide) groups is 1. The molecule has 1 heteroatoms. The molecule has 24 heavy (non-hydrogen) atoms. The molecule has 3 rings (SSSR count). The van der Waals surface area contributed by atoms with Crippen LogP contribution in [0.3, 0.4) is 0 Å². The highest BCUT2D eigenvalue weighted by Gasteiger charge is 2.39. The van der Waals surface area contributed by atoms with Crippen molar-refractivity contribution in [1.29, 1.82) is 0 Å². The van der Waals surface area contributed by atoms with Crippen LogP contribution in [-0.2, 0) is 5.41 Å². The molecule has 1 fully saturated rings. The van der Waals surface area contributed by atoms with E-state index in [0.717, 1.165) is 6.42 Å². The maximum Gasteiger partial charge on any atom is 0.0387 e.